The molecule has 6 nitrogen and oxygen atoms in total. The summed E-state index contributed by atoms with van der Waals surface area (Å²) in [6.45, 7) is 3.74. The number of benzene rings is 1. The van der Waals surface area contributed by atoms with Crippen molar-refractivity contribution in [3.63, 3.8) is 0 Å². The Balaban J connectivity index is 1.62. The van der Waals surface area contributed by atoms with Crippen molar-refractivity contribution in [2.75, 3.05) is 32.6 Å². The third-order valence-electron chi connectivity index (χ3n) is 4.48. The minimum absolute atomic E-state index is 0.554. The minimum Gasteiger partial charge on any atom is -0.492 e. The maximum atomic E-state index is 5.73. The summed E-state index contributed by atoms with van der Waals surface area (Å²) in [7, 11) is 4.06. The number of nitrogens with zero attached hydrogens (tertiary/aromatic N) is 4. The topological polar surface area (TPSA) is 63.2 Å². The second-order valence-electron chi connectivity index (χ2n) is 7.21. The maximum Gasteiger partial charge on any atom is 0.227 e. The van der Waals surface area contributed by atoms with E-state index in [0.29, 0.717) is 12.6 Å². The van der Waals surface area contributed by atoms with Crippen LogP contribution in [0.4, 0.5) is 11.6 Å². The number of nitrogens with one attached hydrogen (secondary N) is 1. The summed E-state index contributed by atoms with van der Waals surface area (Å²) in [5, 5.41) is 3.25. The molecule has 0 amide bonds. The first-order valence-electron chi connectivity index (χ1n) is 10.1. The molecule has 0 spiro atoms. The monoisotopic (exact) mass is 391 g/mol. The van der Waals surface area contributed by atoms with Crippen LogP contribution in [-0.4, -0.2) is 47.1 Å². The Morgan fingerprint density at radius 2 is 1.83 bits per heavy atom. The van der Waals surface area contributed by atoms with Crippen molar-refractivity contribution in [2.45, 2.75) is 26.2 Å². The van der Waals surface area contributed by atoms with Crippen molar-refractivity contribution < 1.29 is 4.74 Å². The van der Waals surface area contributed by atoms with E-state index in [1.54, 1.807) is 6.20 Å². The Morgan fingerprint density at radius 3 is 2.52 bits per heavy atom. The number of aryl methyl sites for hydroxylation is 1. The highest BCUT2D eigenvalue weighted by Crippen LogP contribution is 2.21. The summed E-state index contributed by atoms with van der Waals surface area (Å²) < 4.78 is 5.73. The number of rotatable bonds is 10. The highest BCUT2D eigenvalue weighted by molar-refractivity contribution is 5.61. The lowest BCUT2D eigenvalue weighted by Crippen LogP contribution is -2.19. The molecule has 0 saturated carbocycles. The van der Waals surface area contributed by atoms with Crippen LogP contribution < -0.4 is 10.1 Å². The molecule has 0 aliphatic heterocycles. The molecule has 0 radical (unpaired) electrons. The second kappa shape index (κ2) is 10.5. The van der Waals surface area contributed by atoms with Gasteiger partial charge in [-0.05, 0) is 69.4 Å². The zero-order valence-electron chi connectivity index (χ0n) is 17.4. The van der Waals surface area contributed by atoms with Gasteiger partial charge in [-0.3, -0.25) is 4.98 Å². The molecular formula is C23H29N5O. The van der Waals surface area contributed by atoms with Crippen LogP contribution in [0, 0.1) is 0 Å². The van der Waals surface area contributed by atoms with E-state index >= 15 is 0 Å². The summed E-state index contributed by atoms with van der Waals surface area (Å²) >= 11 is 0. The van der Waals surface area contributed by atoms with Gasteiger partial charge in [-0.15, -0.1) is 0 Å². The third kappa shape index (κ3) is 6.54. The minimum atomic E-state index is 0.554. The van der Waals surface area contributed by atoms with Crippen LogP contribution in [0.25, 0.3) is 11.3 Å². The number of hydrogen-bond donors (Lipinski definition) is 1. The van der Waals surface area contributed by atoms with E-state index in [4.69, 9.17) is 4.74 Å². The quantitative estimate of drug-likeness (QED) is 0.546. The average Bonchev–Trinajstić information content (AvgIpc) is 2.74. The largest absolute Gasteiger partial charge is 0.492 e. The molecule has 6 heteroatoms. The van der Waals surface area contributed by atoms with Crippen molar-refractivity contribution in [2.24, 2.45) is 0 Å². The number of aromatic nitrogens is 3. The lowest BCUT2D eigenvalue weighted by Gasteiger charge is -2.11. The molecule has 0 atom stereocenters. The molecule has 2 heterocycles. The first kappa shape index (κ1) is 20.7. The van der Waals surface area contributed by atoms with E-state index in [1.807, 2.05) is 50.6 Å². The zero-order chi connectivity index (χ0) is 20.5. The van der Waals surface area contributed by atoms with Gasteiger partial charge in [0.05, 0.1) is 5.69 Å². The predicted molar refractivity (Wildman–Crippen MR) is 118 cm³/mol. The summed E-state index contributed by atoms with van der Waals surface area (Å²) in [6, 6.07) is 13.9. The van der Waals surface area contributed by atoms with E-state index in [1.165, 1.54) is 6.42 Å². The second-order valence-corrected chi connectivity index (χ2v) is 7.21. The lowest BCUT2D eigenvalue weighted by molar-refractivity contribution is 0.261. The molecule has 0 bridgehead atoms. The molecule has 2 aromatic heterocycles. The van der Waals surface area contributed by atoms with Gasteiger partial charge in [-0.1, -0.05) is 13.3 Å². The molecule has 1 N–H and O–H groups in total. The normalized spacial score (nSPS) is 10.9. The van der Waals surface area contributed by atoms with Gasteiger partial charge in [0.15, 0.2) is 0 Å². The molecule has 0 fully saturated rings. The van der Waals surface area contributed by atoms with Crippen molar-refractivity contribution >= 4 is 11.6 Å². The lowest BCUT2D eigenvalue weighted by atomic mass is 10.1. The van der Waals surface area contributed by atoms with E-state index in [2.05, 4.69) is 44.2 Å². The molecule has 3 rings (SSSR count). The van der Waals surface area contributed by atoms with Crippen molar-refractivity contribution in [1.82, 2.24) is 19.9 Å². The van der Waals surface area contributed by atoms with E-state index in [9.17, 15) is 0 Å². The first-order valence-corrected chi connectivity index (χ1v) is 10.1. The molecule has 0 aliphatic rings. The highest BCUT2D eigenvalue weighted by atomic mass is 16.5. The van der Waals surface area contributed by atoms with Crippen LogP contribution in [0.2, 0.25) is 0 Å². The van der Waals surface area contributed by atoms with Gasteiger partial charge in [-0.2, -0.15) is 0 Å². The summed E-state index contributed by atoms with van der Waals surface area (Å²) in [5.74, 6) is 1.40. The maximum absolute atomic E-state index is 5.73. The summed E-state index contributed by atoms with van der Waals surface area (Å²) in [5.41, 5.74) is 3.87. The molecule has 0 aliphatic carbocycles. The molecule has 29 heavy (non-hydrogen) atoms. The fourth-order valence-electron chi connectivity index (χ4n) is 2.77. The first-order chi connectivity index (χ1) is 14.1. The third-order valence-corrected chi connectivity index (χ3v) is 4.48. The standard InChI is InChI=1S/C23H29N5O/c1-4-5-6-19-8-7-18(17-25-19)22-13-14-24-23(27-22)26-20-9-11-21(12-10-20)29-16-15-28(2)3/h7-14,17H,4-6,15-16H2,1-3H3,(H,24,26,27). The molecule has 0 saturated heterocycles. The molecule has 3 aromatic rings. The van der Waals surface area contributed by atoms with Gasteiger partial charge in [0.25, 0.3) is 0 Å². The Morgan fingerprint density at radius 1 is 1.00 bits per heavy atom. The van der Waals surface area contributed by atoms with E-state index in [0.717, 1.165) is 47.8 Å². The Bertz CT molecular complexity index is 879. The summed E-state index contributed by atoms with van der Waals surface area (Å²) in [4.78, 5) is 15.6. The van der Waals surface area contributed by atoms with Gasteiger partial charge in [0.2, 0.25) is 5.95 Å². The van der Waals surface area contributed by atoms with Crippen molar-refractivity contribution in [1.29, 1.82) is 0 Å². The number of anilines is 2. The Kier molecular flexibility index (Phi) is 7.53. The number of likely N-dealkylation sites (N-methyl/N-ethyl adjacent to an activating group) is 1. The number of unbranched alkanes of at least 4 members (excludes halogenated alkanes) is 1. The molecule has 152 valence electrons. The van der Waals surface area contributed by atoms with Crippen LogP contribution in [0.15, 0.2) is 54.9 Å². The summed E-state index contributed by atoms with van der Waals surface area (Å²) in [6.07, 6.45) is 6.99. The Hall–Kier alpha value is -2.99. The Labute approximate surface area is 173 Å². The zero-order valence-corrected chi connectivity index (χ0v) is 17.4. The molecular weight excluding hydrogens is 362 g/mol. The van der Waals surface area contributed by atoms with E-state index < -0.39 is 0 Å². The van der Waals surface area contributed by atoms with Gasteiger partial charge < -0.3 is 15.0 Å². The van der Waals surface area contributed by atoms with Gasteiger partial charge >= 0.3 is 0 Å². The fourth-order valence-corrected chi connectivity index (χ4v) is 2.77. The van der Waals surface area contributed by atoms with Gasteiger partial charge in [0, 0.05) is 35.9 Å². The molecule has 1 aromatic carbocycles. The fraction of sp³-hybridized carbons (Fsp3) is 0.348. The highest BCUT2D eigenvalue weighted by Gasteiger charge is 2.05. The van der Waals surface area contributed by atoms with Crippen LogP contribution >= 0.6 is 0 Å². The average molecular weight is 392 g/mol. The molecule has 0 unspecified atom stereocenters. The van der Waals surface area contributed by atoms with Crippen LogP contribution in [0.1, 0.15) is 25.5 Å². The van der Waals surface area contributed by atoms with Gasteiger partial charge in [-0.25, -0.2) is 9.97 Å². The van der Waals surface area contributed by atoms with Crippen molar-refractivity contribution in [3.05, 3.63) is 60.6 Å². The van der Waals surface area contributed by atoms with E-state index in [-0.39, 0.29) is 0 Å². The SMILES string of the molecule is CCCCc1ccc(-c2ccnc(Nc3ccc(OCCN(C)C)cc3)n2)cn1. The van der Waals surface area contributed by atoms with Crippen LogP contribution in [-0.2, 0) is 6.42 Å². The van der Waals surface area contributed by atoms with Crippen LogP contribution in [0.3, 0.4) is 0 Å². The van der Waals surface area contributed by atoms with Gasteiger partial charge in [0.1, 0.15) is 12.4 Å². The van der Waals surface area contributed by atoms with Crippen LogP contribution in [0.5, 0.6) is 5.75 Å². The predicted octanol–water partition coefficient (Wildman–Crippen LogP) is 4.57. The number of hydrogen-bond acceptors (Lipinski definition) is 6. The number of ether oxygens (including phenoxy) is 1. The van der Waals surface area contributed by atoms with Crippen molar-refractivity contribution in [3.8, 4) is 17.0 Å². The number of pyridine rings is 1. The smallest absolute Gasteiger partial charge is 0.227 e.